The van der Waals surface area contributed by atoms with Gasteiger partial charge in [0.25, 0.3) is 0 Å². The Bertz CT molecular complexity index is 1100. The Morgan fingerprint density at radius 2 is 1.56 bits per heavy atom. The number of benzene rings is 2. The van der Waals surface area contributed by atoms with Crippen molar-refractivity contribution in [1.29, 1.82) is 0 Å². The van der Waals surface area contributed by atoms with Crippen molar-refractivity contribution in [3.05, 3.63) is 76.4 Å². The maximum atomic E-state index is 12.7. The molecule has 0 unspecified atom stereocenters. The number of hydrogen-bond donors (Lipinski definition) is 2. The number of ether oxygens (including phenoxy) is 1. The molecule has 0 saturated heterocycles. The second-order valence-electron chi connectivity index (χ2n) is 9.76. The number of aromatic nitrogens is 1. The highest BCUT2D eigenvalue weighted by Gasteiger charge is 2.20. The van der Waals surface area contributed by atoms with Gasteiger partial charge in [-0.1, -0.05) is 71.9 Å². The van der Waals surface area contributed by atoms with E-state index in [0.717, 1.165) is 10.0 Å². The minimum absolute atomic E-state index is 0.0539. The number of halogens is 1. The molecular weight excluding hydrogens is 466 g/mol. The van der Waals surface area contributed by atoms with Gasteiger partial charge >= 0.3 is 6.03 Å². The number of anilines is 2. The van der Waals surface area contributed by atoms with Crippen LogP contribution >= 0.6 is 15.9 Å². The number of hydrogen-bond acceptors (Lipinski definition) is 3. The van der Waals surface area contributed by atoms with Crippen molar-refractivity contribution in [3.8, 4) is 11.6 Å². The second kappa shape index (κ2) is 9.33. The van der Waals surface area contributed by atoms with Crippen molar-refractivity contribution >= 4 is 33.3 Å². The first-order valence-electron chi connectivity index (χ1n) is 10.5. The Morgan fingerprint density at radius 1 is 0.906 bits per heavy atom. The normalized spacial score (nSPS) is 11.7. The standard InChI is InChI=1S/C26H30BrN3O2/c1-25(2,3)17-11-13-19(14-12-17)29-24(31)30-21-15-18(27)16-28-23(21)32-22-10-8-7-9-20(22)26(4,5)6/h7-16H,1-6H3,(H2,29,30,31). The van der Waals surface area contributed by atoms with Crippen molar-refractivity contribution in [2.24, 2.45) is 0 Å². The predicted molar refractivity (Wildman–Crippen MR) is 135 cm³/mol. The van der Waals surface area contributed by atoms with Gasteiger partial charge < -0.3 is 15.4 Å². The van der Waals surface area contributed by atoms with Crippen molar-refractivity contribution < 1.29 is 9.53 Å². The van der Waals surface area contributed by atoms with Crippen molar-refractivity contribution in [2.75, 3.05) is 10.6 Å². The Labute approximate surface area is 198 Å². The number of rotatable bonds is 4. The van der Waals surface area contributed by atoms with E-state index in [4.69, 9.17) is 4.74 Å². The Kier molecular flexibility index (Phi) is 6.94. The molecule has 0 atom stereocenters. The van der Waals surface area contributed by atoms with Gasteiger partial charge in [0.2, 0.25) is 5.88 Å². The van der Waals surface area contributed by atoms with E-state index in [1.807, 2.05) is 48.5 Å². The number of para-hydroxylation sites is 1. The first-order chi connectivity index (χ1) is 14.9. The average molecular weight is 496 g/mol. The predicted octanol–water partition coefficient (Wildman–Crippen LogP) is 7.88. The monoisotopic (exact) mass is 495 g/mol. The van der Waals surface area contributed by atoms with Crippen molar-refractivity contribution in [1.82, 2.24) is 4.98 Å². The molecule has 0 aliphatic carbocycles. The molecular formula is C26H30BrN3O2. The third kappa shape index (κ3) is 6.10. The third-order valence-corrected chi connectivity index (χ3v) is 5.41. The third-order valence-electron chi connectivity index (χ3n) is 4.98. The van der Waals surface area contributed by atoms with E-state index in [0.29, 0.717) is 23.0 Å². The summed E-state index contributed by atoms with van der Waals surface area (Å²) in [7, 11) is 0. The quantitative estimate of drug-likeness (QED) is 0.386. The summed E-state index contributed by atoms with van der Waals surface area (Å²) in [5, 5.41) is 5.72. The summed E-state index contributed by atoms with van der Waals surface area (Å²) >= 11 is 3.42. The van der Waals surface area contributed by atoms with Crippen LogP contribution in [0.15, 0.2) is 65.3 Å². The SMILES string of the molecule is CC(C)(C)c1ccc(NC(=O)Nc2cc(Br)cnc2Oc2ccccc2C(C)(C)C)cc1. The number of urea groups is 1. The molecule has 0 aliphatic heterocycles. The molecule has 32 heavy (non-hydrogen) atoms. The molecule has 168 valence electrons. The van der Waals surface area contributed by atoms with Crippen LogP contribution in [0.3, 0.4) is 0 Å². The van der Waals surface area contributed by atoms with Gasteiger partial charge in [-0.25, -0.2) is 9.78 Å². The van der Waals surface area contributed by atoms with Gasteiger partial charge in [-0.05, 0) is 56.6 Å². The number of nitrogens with zero attached hydrogens (tertiary/aromatic N) is 1. The van der Waals surface area contributed by atoms with E-state index in [1.54, 1.807) is 12.3 Å². The van der Waals surface area contributed by atoms with Crippen LogP contribution in [0.1, 0.15) is 52.7 Å². The molecule has 5 nitrogen and oxygen atoms in total. The molecule has 3 aromatic rings. The fourth-order valence-corrected chi connectivity index (χ4v) is 3.55. The van der Waals surface area contributed by atoms with Crippen LogP contribution in [0.2, 0.25) is 0 Å². The van der Waals surface area contributed by atoms with Gasteiger partial charge in [-0.15, -0.1) is 0 Å². The maximum Gasteiger partial charge on any atom is 0.323 e. The Morgan fingerprint density at radius 3 is 2.19 bits per heavy atom. The van der Waals surface area contributed by atoms with Crippen molar-refractivity contribution in [2.45, 2.75) is 52.4 Å². The number of amides is 2. The first-order valence-corrected chi connectivity index (χ1v) is 11.3. The molecule has 0 saturated carbocycles. The molecule has 0 spiro atoms. The highest BCUT2D eigenvalue weighted by molar-refractivity contribution is 9.10. The van der Waals surface area contributed by atoms with E-state index >= 15 is 0 Å². The summed E-state index contributed by atoms with van der Waals surface area (Å²) in [6.45, 7) is 12.8. The van der Waals surface area contributed by atoms with Crippen molar-refractivity contribution in [3.63, 3.8) is 0 Å². The van der Waals surface area contributed by atoms with E-state index < -0.39 is 0 Å². The summed E-state index contributed by atoms with van der Waals surface area (Å²) in [6.07, 6.45) is 1.64. The van der Waals surface area contributed by atoms with Gasteiger partial charge in [-0.2, -0.15) is 0 Å². The zero-order valence-corrected chi connectivity index (χ0v) is 21.0. The molecule has 3 rings (SSSR count). The second-order valence-corrected chi connectivity index (χ2v) is 10.7. The van der Waals surface area contributed by atoms with Gasteiger partial charge in [0.15, 0.2) is 0 Å². The zero-order chi connectivity index (χ0) is 23.5. The lowest BCUT2D eigenvalue weighted by Gasteiger charge is -2.23. The smallest absolute Gasteiger partial charge is 0.323 e. The summed E-state index contributed by atoms with van der Waals surface area (Å²) < 4.78 is 6.89. The molecule has 1 heterocycles. The van der Waals surface area contributed by atoms with E-state index in [9.17, 15) is 4.79 Å². The van der Waals surface area contributed by atoms with Crippen LogP contribution < -0.4 is 15.4 Å². The van der Waals surface area contributed by atoms with Gasteiger partial charge in [-0.3, -0.25) is 0 Å². The summed E-state index contributed by atoms with van der Waals surface area (Å²) in [6, 6.07) is 17.1. The maximum absolute atomic E-state index is 12.7. The van der Waals surface area contributed by atoms with Crippen LogP contribution in [0.4, 0.5) is 16.2 Å². The molecule has 0 aliphatic rings. The largest absolute Gasteiger partial charge is 0.437 e. The lowest BCUT2D eigenvalue weighted by atomic mass is 9.86. The number of carbonyl (C=O) groups is 1. The molecule has 2 aromatic carbocycles. The molecule has 2 amide bonds. The average Bonchev–Trinajstić information content (AvgIpc) is 2.69. The summed E-state index contributed by atoms with van der Waals surface area (Å²) in [5.41, 5.74) is 3.38. The molecule has 0 fully saturated rings. The van der Waals surface area contributed by atoms with E-state index in [2.05, 4.69) is 73.1 Å². The zero-order valence-electron chi connectivity index (χ0n) is 19.4. The fraction of sp³-hybridized carbons (Fsp3) is 0.308. The number of pyridine rings is 1. The summed E-state index contributed by atoms with van der Waals surface area (Å²) in [4.78, 5) is 17.1. The minimum atomic E-state index is -0.373. The molecule has 0 radical (unpaired) electrons. The van der Waals surface area contributed by atoms with Gasteiger partial charge in [0.1, 0.15) is 11.4 Å². The Balaban J connectivity index is 1.80. The van der Waals surface area contributed by atoms with Crippen LogP contribution in [0.25, 0.3) is 0 Å². The van der Waals surface area contributed by atoms with Crippen LogP contribution in [-0.2, 0) is 10.8 Å². The van der Waals surface area contributed by atoms with Gasteiger partial charge in [0, 0.05) is 21.9 Å². The first kappa shape index (κ1) is 23.8. The molecule has 2 N–H and O–H groups in total. The summed E-state index contributed by atoms with van der Waals surface area (Å²) in [5.74, 6) is 1.03. The lowest BCUT2D eigenvalue weighted by Crippen LogP contribution is -2.20. The van der Waals surface area contributed by atoms with Crippen LogP contribution in [-0.4, -0.2) is 11.0 Å². The highest BCUT2D eigenvalue weighted by atomic mass is 79.9. The fourth-order valence-electron chi connectivity index (χ4n) is 3.22. The molecule has 0 bridgehead atoms. The minimum Gasteiger partial charge on any atom is -0.437 e. The Hall–Kier alpha value is -2.86. The van der Waals surface area contributed by atoms with Crippen LogP contribution in [0.5, 0.6) is 11.6 Å². The van der Waals surface area contributed by atoms with E-state index in [-0.39, 0.29) is 16.9 Å². The lowest BCUT2D eigenvalue weighted by molar-refractivity contribution is 0.262. The molecule has 6 heteroatoms. The highest BCUT2D eigenvalue weighted by Crippen LogP contribution is 2.36. The van der Waals surface area contributed by atoms with E-state index in [1.165, 1.54) is 5.56 Å². The topological polar surface area (TPSA) is 63.2 Å². The number of nitrogens with one attached hydrogen (secondary N) is 2. The van der Waals surface area contributed by atoms with Crippen LogP contribution in [0, 0.1) is 0 Å². The number of carbonyl (C=O) groups excluding carboxylic acids is 1. The molecule has 1 aromatic heterocycles. The van der Waals surface area contributed by atoms with Gasteiger partial charge in [0.05, 0.1) is 0 Å².